The van der Waals surface area contributed by atoms with Crippen molar-refractivity contribution in [3.8, 4) is 11.5 Å². The summed E-state index contributed by atoms with van der Waals surface area (Å²) in [7, 11) is 0. The number of halogens is 3. The first kappa shape index (κ1) is 16.6. The Morgan fingerprint density at radius 1 is 1.14 bits per heavy atom. The van der Waals surface area contributed by atoms with Crippen LogP contribution in [0.1, 0.15) is 25.5 Å². The van der Waals surface area contributed by atoms with Crippen LogP contribution >= 0.6 is 39.1 Å². The maximum atomic E-state index is 6.03. The third-order valence-corrected chi connectivity index (χ3v) is 4.30. The Bertz CT molecular complexity index is 634. The fourth-order valence-corrected chi connectivity index (χ4v) is 2.67. The van der Waals surface area contributed by atoms with E-state index in [2.05, 4.69) is 35.1 Å². The molecule has 0 heterocycles. The Hall–Kier alpha value is -0.740. The summed E-state index contributed by atoms with van der Waals surface area (Å²) in [6.07, 6.45) is 0. The van der Waals surface area contributed by atoms with Gasteiger partial charge in [0.25, 0.3) is 0 Å². The monoisotopic (exact) mass is 387 g/mol. The van der Waals surface area contributed by atoms with Crippen LogP contribution < -0.4 is 10.1 Å². The first-order valence-electron chi connectivity index (χ1n) is 6.67. The van der Waals surface area contributed by atoms with E-state index in [-0.39, 0.29) is 6.04 Å². The third-order valence-electron chi connectivity index (χ3n) is 3.07. The molecule has 0 spiro atoms. The molecule has 0 bridgehead atoms. The fourth-order valence-electron chi connectivity index (χ4n) is 2.04. The van der Waals surface area contributed by atoms with Crippen LogP contribution in [0.15, 0.2) is 40.9 Å². The lowest BCUT2D eigenvalue weighted by atomic mass is 10.1. The van der Waals surface area contributed by atoms with Gasteiger partial charge in [0.1, 0.15) is 11.5 Å². The van der Waals surface area contributed by atoms with Crippen LogP contribution in [-0.4, -0.2) is 6.54 Å². The van der Waals surface area contributed by atoms with Crippen molar-refractivity contribution < 1.29 is 4.74 Å². The van der Waals surface area contributed by atoms with Gasteiger partial charge in [0.2, 0.25) is 0 Å². The van der Waals surface area contributed by atoms with E-state index in [1.807, 2.05) is 18.2 Å². The number of hydrogen-bond acceptors (Lipinski definition) is 2. The maximum absolute atomic E-state index is 6.03. The molecular formula is C16H16BrCl2NO. The normalized spacial score (nSPS) is 12.2. The Balaban J connectivity index is 2.33. The van der Waals surface area contributed by atoms with E-state index in [4.69, 9.17) is 27.9 Å². The summed E-state index contributed by atoms with van der Waals surface area (Å²) in [5.41, 5.74) is 1.09. The molecule has 0 aliphatic heterocycles. The first-order valence-corrected chi connectivity index (χ1v) is 8.22. The van der Waals surface area contributed by atoms with Crippen molar-refractivity contribution in [3.05, 3.63) is 56.5 Å². The molecule has 0 aliphatic rings. The topological polar surface area (TPSA) is 21.3 Å². The average molecular weight is 389 g/mol. The zero-order chi connectivity index (χ0) is 15.4. The van der Waals surface area contributed by atoms with Gasteiger partial charge in [-0.1, -0.05) is 52.1 Å². The lowest BCUT2D eigenvalue weighted by molar-refractivity contribution is 0.463. The van der Waals surface area contributed by atoms with Crippen molar-refractivity contribution in [2.24, 2.45) is 0 Å². The molecular weight excluding hydrogens is 373 g/mol. The summed E-state index contributed by atoms with van der Waals surface area (Å²) in [4.78, 5) is 0. The molecule has 0 fully saturated rings. The van der Waals surface area contributed by atoms with E-state index < -0.39 is 0 Å². The highest BCUT2D eigenvalue weighted by atomic mass is 79.9. The second kappa shape index (κ2) is 7.50. The first-order chi connectivity index (χ1) is 10.0. The third kappa shape index (κ3) is 4.36. The molecule has 0 saturated carbocycles. The van der Waals surface area contributed by atoms with Gasteiger partial charge < -0.3 is 10.1 Å². The molecule has 0 saturated heterocycles. The Morgan fingerprint density at radius 2 is 1.90 bits per heavy atom. The molecule has 1 unspecified atom stereocenters. The van der Waals surface area contributed by atoms with Crippen LogP contribution in [0.25, 0.3) is 0 Å². The number of hydrogen-bond donors (Lipinski definition) is 1. The molecule has 0 aliphatic carbocycles. The molecule has 0 aromatic heterocycles. The minimum atomic E-state index is 0.195. The predicted octanol–water partition coefficient (Wildman–Crippen LogP) is 6.22. The van der Waals surface area contributed by atoms with Gasteiger partial charge in [-0.2, -0.15) is 0 Å². The van der Waals surface area contributed by atoms with Crippen LogP contribution in [0.3, 0.4) is 0 Å². The number of nitrogens with one attached hydrogen (secondary N) is 1. The van der Waals surface area contributed by atoms with E-state index in [0.717, 1.165) is 22.3 Å². The van der Waals surface area contributed by atoms with Crippen molar-refractivity contribution in [3.63, 3.8) is 0 Å². The van der Waals surface area contributed by atoms with Crippen LogP contribution in [0, 0.1) is 0 Å². The van der Waals surface area contributed by atoms with Gasteiger partial charge in [-0.15, -0.1) is 0 Å². The molecule has 1 N–H and O–H groups in total. The molecule has 112 valence electrons. The predicted molar refractivity (Wildman–Crippen MR) is 92.8 cm³/mol. The van der Waals surface area contributed by atoms with Crippen LogP contribution in [-0.2, 0) is 0 Å². The summed E-state index contributed by atoms with van der Waals surface area (Å²) in [5.74, 6) is 1.45. The minimum absolute atomic E-state index is 0.195. The van der Waals surface area contributed by atoms with Gasteiger partial charge in [0.05, 0.1) is 10.0 Å². The van der Waals surface area contributed by atoms with Gasteiger partial charge in [-0.25, -0.2) is 0 Å². The van der Waals surface area contributed by atoms with Gasteiger partial charge in [0.15, 0.2) is 0 Å². The van der Waals surface area contributed by atoms with E-state index in [0.29, 0.717) is 15.8 Å². The van der Waals surface area contributed by atoms with E-state index in [1.54, 1.807) is 18.2 Å². The van der Waals surface area contributed by atoms with E-state index in [1.165, 1.54) is 0 Å². The average Bonchev–Trinajstić information content (AvgIpc) is 2.43. The standard InChI is InChI=1S/C16H16BrCl2NO/c1-3-20-10(2)13-6-4-11(17)8-16(13)21-12-5-7-14(18)15(19)9-12/h4-10,20H,3H2,1-2H3. The molecule has 2 rings (SSSR count). The molecule has 2 nitrogen and oxygen atoms in total. The van der Waals surface area contributed by atoms with Gasteiger partial charge in [0, 0.05) is 22.1 Å². The van der Waals surface area contributed by atoms with Crippen LogP contribution in [0.2, 0.25) is 10.0 Å². The smallest absolute Gasteiger partial charge is 0.133 e. The maximum Gasteiger partial charge on any atom is 0.133 e. The molecule has 2 aromatic rings. The zero-order valence-corrected chi connectivity index (χ0v) is 14.9. The summed E-state index contributed by atoms with van der Waals surface area (Å²) >= 11 is 15.4. The molecule has 5 heteroatoms. The number of ether oxygens (including phenoxy) is 1. The summed E-state index contributed by atoms with van der Waals surface area (Å²) in [6.45, 7) is 5.08. The lowest BCUT2D eigenvalue weighted by Gasteiger charge is -2.18. The van der Waals surface area contributed by atoms with E-state index in [9.17, 15) is 0 Å². The Labute approximate surface area is 143 Å². The Kier molecular flexibility index (Phi) is 5.94. The van der Waals surface area contributed by atoms with Gasteiger partial charge in [-0.3, -0.25) is 0 Å². The molecule has 0 amide bonds. The minimum Gasteiger partial charge on any atom is -0.457 e. The van der Waals surface area contributed by atoms with Gasteiger partial charge >= 0.3 is 0 Å². The molecule has 21 heavy (non-hydrogen) atoms. The second-order valence-corrected chi connectivity index (χ2v) is 6.37. The Morgan fingerprint density at radius 3 is 2.57 bits per heavy atom. The van der Waals surface area contributed by atoms with Crippen molar-refractivity contribution in [1.82, 2.24) is 5.32 Å². The van der Waals surface area contributed by atoms with Crippen molar-refractivity contribution in [1.29, 1.82) is 0 Å². The lowest BCUT2D eigenvalue weighted by Crippen LogP contribution is -2.18. The van der Waals surface area contributed by atoms with Gasteiger partial charge in [-0.05, 0) is 37.7 Å². The highest BCUT2D eigenvalue weighted by molar-refractivity contribution is 9.10. The van der Waals surface area contributed by atoms with Crippen molar-refractivity contribution >= 4 is 39.1 Å². The molecule has 0 radical (unpaired) electrons. The van der Waals surface area contributed by atoms with Crippen LogP contribution in [0.5, 0.6) is 11.5 Å². The van der Waals surface area contributed by atoms with Crippen LogP contribution in [0.4, 0.5) is 0 Å². The molecule has 2 aromatic carbocycles. The van der Waals surface area contributed by atoms with E-state index >= 15 is 0 Å². The number of rotatable bonds is 5. The highest BCUT2D eigenvalue weighted by Gasteiger charge is 2.12. The summed E-state index contributed by atoms with van der Waals surface area (Å²) in [6, 6.07) is 11.4. The molecule has 1 atom stereocenters. The van der Waals surface area contributed by atoms with Crippen molar-refractivity contribution in [2.45, 2.75) is 19.9 Å². The fraction of sp³-hybridized carbons (Fsp3) is 0.250. The second-order valence-electron chi connectivity index (χ2n) is 4.64. The largest absolute Gasteiger partial charge is 0.457 e. The SMILES string of the molecule is CCNC(C)c1ccc(Br)cc1Oc1ccc(Cl)c(Cl)c1. The summed E-state index contributed by atoms with van der Waals surface area (Å²) in [5, 5.41) is 4.38. The van der Waals surface area contributed by atoms with Crippen molar-refractivity contribution in [2.75, 3.05) is 6.54 Å². The quantitative estimate of drug-likeness (QED) is 0.656. The summed E-state index contributed by atoms with van der Waals surface area (Å²) < 4.78 is 6.94. The zero-order valence-electron chi connectivity index (χ0n) is 11.8. The number of benzene rings is 2. The highest BCUT2D eigenvalue weighted by Crippen LogP contribution is 2.34.